The number of nitrogens with one attached hydrogen (secondary N) is 1. The smallest absolute Gasteiger partial charge is 0.230 e. The summed E-state index contributed by atoms with van der Waals surface area (Å²) < 4.78 is 15.0. The third kappa shape index (κ3) is 4.60. The first-order valence-corrected chi connectivity index (χ1v) is 10.1. The Balaban J connectivity index is 1.73. The molecule has 5 nitrogen and oxygen atoms in total. The molecule has 0 aliphatic carbocycles. The normalized spacial score (nSPS) is 10.8. The largest absolute Gasteiger partial charge is 0.310 e. The molecule has 0 aliphatic heterocycles. The second-order valence-corrected chi connectivity index (χ2v) is 7.74. The van der Waals surface area contributed by atoms with Crippen LogP contribution in [0.3, 0.4) is 0 Å². The Kier molecular flexibility index (Phi) is 6.02. The monoisotopic (exact) mass is 454 g/mol. The molecule has 0 radical (unpaired) electrons. The van der Waals surface area contributed by atoms with Crippen molar-refractivity contribution in [3.05, 3.63) is 88.4 Å². The lowest BCUT2D eigenvalue weighted by Crippen LogP contribution is -2.17. The van der Waals surface area contributed by atoms with Crippen LogP contribution in [0, 0.1) is 5.82 Å². The molecular formula is C23H17Cl2FN4O. The van der Waals surface area contributed by atoms with Crippen LogP contribution in [0.1, 0.15) is 5.56 Å². The summed E-state index contributed by atoms with van der Waals surface area (Å²) in [6.07, 6.45) is 3.40. The molecule has 2 aromatic carbocycles. The molecule has 0 atom stereocenters. The number of benzene rings is 2. The molecule has 2 heterocycles. The van der Waals surface area contributed by atoms with E-state index in [0.717, 1.165) is 11.1 Å². The van der Waals surface area contributed by atoms with Crippen LogP contribution < -0.4 is 5.32 Å². The van der Waals surface area contributed by atoms with Gasteiger partial charge in [0, 0.05) is 35.1 Å². The molecule has 8 heteroatoms. The third-order valence-electron chi connectivity index (χ3n) is 4.76. The van der Waals surface area contributed by atoms with Gasteiger partial charge in [0.15, 0.2) is 0 Å². The summed E-state index contributed by atoms with van der Waals surface area (Å²) in [7, 11) is 1.74. The molecular weight excluding hydrogens is 438 g/mol. The number of carbonyl (C=O) groups is 1. The summed E-state index contributed by atoms with van der Waals surface area (Å²) in [6, 6.07) is 14.7. The maximum Gasteiger partial charge on any atom is 0.230 e. The number of pyridine rings is 1. The first-order valence-electron chi connectivity index (χ1n) is 9.39. The maximum atomic E-state index is 13.4. The minimum atomic E-state index is -0.335. The number of hydrogen-bond acceptors (Lipinski definition) is 3. The Morgan fingerprint density at radius 1 is 1.03 bits per heavy atom. The lowest BCUT2D eigenvalue weighted by Gasteiger charge is -2.10. The first kappa shape index (κ1) is 21.0. The fourth-order valence-electron chi connectivity index (χ4n) is 3.28. The molecule has 0 unspecified atom stereocenters. The van der Waals surface area contributed by atoms with Crippen LogP contribution in [0.15, 0.2) is 67.0 Å². The number of aryl methyl sites for hydroxylation is 1. The summed E-state index contributed by atoms with van der Waals surface area (Å²) in [5.41, 5.74) is 3.54. The number of aromatic nitrogens is 3. The molecule has 0 bridgehead atoms. The minimum Gasteiger partial charge on any atom is -0.310 e. The average Bonchev–Trinajstić information content (AvgIpc) is 3.07. The van der Waals surface area contributed by atoms with E-state index in [1.54, 1.807) is 54.5 Å². The number of rotatable bonds is 5. The molecule has 4 aromatic rings. The lowest BCUT2D eigenvalue weighted by molar-refractivity contribution is -0.115. The van der Waals surface area contributed by atoms with E-state index in [2.05, 4.69) is 15.4 Å². The molecule has 2 aromatic heterocycles. The SMILES string of the molecule is Cn1nc(-c2ccc(F)cc2)c(-c2ccncc2)c1NC(=O)Cc1ccc(Cl)cc1Cl. The van der Waals surface area contributed by atoms with Crippen molar-refractivity contribution in [2.24, 2.45) is 7.05 Å². The van der Waals surface area contributed by atoms with Crippen LogP contribution in [-0.2, 0) is 18.3 Å². The van der Waals surface area contributed by atoms with Crippen molar-refractivity contribution in [1.29, 1.82) is 0 Å². The Labute approximate surface area is 188 Å². The molecule has 0 saturated heterocycles. The predicted octanol–water partition coefficient (Wildman–Crippen LogP) is 5.78. The van der Waals surface area contributed by atoms with Gasteiger partial charge in [-0.25, -0.2) is 4.39 Å². The van der Waals surface area contributed by atoms with Gasteiger partial charge in [0.2, 0.25) is 5.91 Å². The Bertz CT molecular complexity index is 1240. The van der Waals surface area contributed by atoms with E-state index < -0.39 is 0 Å². The molecule has 0 fully saturated rings. The van der Waals surface area contributed by atoms with E-state index in [0.29, 0.717) is 32.7 Å². The molecule has 0 spiro atoms. The zero-order chi connectivity index (χ0) is 22.0. The van der Waals surface area contributed by atoms with Crippen molar-refractivity contribution in [3.8, 4) is 22.4 Å². The van der Waals surface area contributed by atoms with Gasteiger partial charge < -0.3 is 5.32 Å². The van der Waals surface area contributed by atoms with Crippen molar-refractivity contribution in [2.75, 3.05) is 5.32 Å². The van der Waals surface area contributed by atoms with Gasteiger partial charge in [0.1, 0.15) is 17.3 Å². The number of halogens is 3. The summed E-state index contributed by atoms with van der Waals surface area (Å²) in [5.74, 6) is -0.0766. The molecule has 31 heavy (non-hydrogen) atoms. The van der Waals surface area contributed by atoms with E-state index in [1.807, 2.05) is 12.1 Å². The first-order chi connectivity index (χ1) is 14.9. The highest BCUT2D eigenvalue weighted by Gasteiger charge is 2.21. The van der Waals surface area contributed by atoms with Crippen molar-refractivity contribution < 1.29 is 9.18 Å². The average molecular weight is 455 g/mol. The van der Waals surface area contributed by atoms with Crippen molar-refractivity contribution in [1.82, 2.24) is 14.8 Å². The van der Waals surface area contributed by atoms with Crippen LogP contribution in [0.5, 0.6) is 0 Å². The number of nitrogens with zero attached hydrogens (tertiary/aromatic N) is 3. The van der Waals surface area contributed by atoms with E-state index >= 15 is 0 Å². The molecule has 0 aliphatic rings. The second kappa shape index (κ2) is 8.88. The van der Waals surface area contributed by atoms with Gasteiger partial charge in [0.05, 0.1) is 12.0 Å². The van der Waals surface area contributed by atoms with Crippen LogP contribution in [-0.4, -0.2) is 20.7 Å². The molecule has 156 valence electrons. The fraction of sp³-hybridized carbons (Fsp3) is 0.0870. The second-order valence-electron chi connectivity index (χ2n) is 6.90. The van der Waals surface area contributed by atoms with Gasteiger partial charge in [0.25, 0.3) is 0 Å². The number of anilines is 1. The van der Waals surface area contributed by atoms with Gasteiger partial charge in [-0.3, -0.25) is 14.5 Å². The van der Waals surface area contributed by atoms with Gasteiger partial charge in [-0.15, -0.1) is 0 Å². The highest BCUT2D eigenvalue weighted by atomic mass is 35.5. The summed E-state index contributed by atoms with van der Waals surface area (Å²) in [4.78, 5) is 16.9. The highest BCUT2D eigenvalue weighted by molar-refractivity contribution is 6.35. The topological polar surface area (TPSA) is 59.8 Å². The standard InChI is InChI=1S/C23H17Cl2FN4O/c1-30-23(28-20(31)12-16-2-5-17(24)13-19(16)25)21(14-8-10-27-11-9-14)22(29-30)15-3-6-18(26)7-4-15/h2-11,13H,12H2,1H3,(H,28,31). The Hall–Kier alpha value is -3.22. The summed E-state index contributed by atoms with van der Waals surface area (Å²) in [5, 5.41) is 8.47. The zero-order valence-corrected chi connectivity index (χ0v) is 18.0. The Morgan fingerprint density at radius 2 is 1.74 bits per heavy atom. The van der Waals surface area contributed by atoms with Gasteiger partial charge in [-0.05, 0) is 59.7 Å². The van der Waals surface area contributed by atoms with Crippen LogP contribution in [0.2, 0.25) is 10.0 Å². The van der Waals surface area contributed by atoms with Gasteiger partial charge >= 0.3 is 0 Å². The van der Waals surface area contributed by atoms with Gasteiger partial charge in [-0.2, -0.15) is 5.10 Å². The van der Waals surface area contributed by atoms with E-state index in [4.69, 9.17) is 23.2 Å². The number of carbonyl (C=O) groups excluding carboxylic acids is 1. The zero-order valence-electron chi connectivity index (χ0n) is 16.4. The van der Waals surface area contributed by atoms with Crippen molar-refractivity contribution in [3.63, 3.8) is 0 Å². The molecule has 1 amide bonds. The van der Waals surface area contributed by atoms with Crippen molar-refractivity contribution in [2.45, 2.75) is 6.42 Å². The molecule has 1 N–H and O–H groups in total. The fourth-order valence-corrected chi connectivity index (χ4v) is 3.76. The Morgan fingerprint density at radius 3 is 2.42 bits per heavy atom. The summed E-state index contributed by atoms with van der Waals surface area (Å²) in [6.45, 7) is 0. The van der Waals surface area contributed by atoms with E-state index in [-0.39, 0.29) is 18.1 Å². The van der Waals surface area contributed by atoms with Crippen molar-refractivity contribution >= 4 is 34.9 Å². The molecule has 0 saturated carbocycles. The maximum absolute atomic E-state index is 13.4. The summed E-state index contributed by atoms with van der Waals surface area (Å²) >= 11 is 12.2. The number of amides is 1. The predicted molar refractivity (Wildman–Crippen MR) is 121 cm³/mol. The quantitative estimate of drug-likeness (QED) is 0.415. The highest BCUT2D eigenvalue weighted by Crippen LogP contribution is 2.37. The molecule has 4 rings (SSSR count). The lowest BCUT2D eigenvalue weighted by atomic mass is 10.0. The third-order valence-corrected chi connectivity index (χ3v) is 5.34. The number of hydrogen-bond donors (Lipinski definition) is 1. The van der Waals surface area contributed by atoms with E-state index in [1.165, 1.54) is 12.1 Å². The van der Waals surface area contributed by atoms with Crippen LogP contribution in [0.4, 0.5) is 10.2 Å². The van der Waals surface area contributed by atoms with Gasteiger partial charge in [-0.1, -0.05) is 29.3 Å². The minimum absolute atomic E-state index is 0.0723. The van der Waals surface area contributed by atoms with Crippen LogP contribution in [0.25, 0.3) is 22.4 Å². The van der Waals surface area contributed by atoms with E-state index in [9.17, 15) is 9.18 Å². The van der Waals surface area contributed by atoms with Crippen LogP contribution >= 0.6 is 23.2 Å².